The molecule has 60 valence electrons. The Kier molecular flexibility index (Phi) is 1.94. The van der Waals surface area contributed by atoms with Crippen molar-refractivity contribution < 1.29 is 4.79 Å². The van der Waals surface area contributed by atoms with E-state index in [-0.39, 0.29) is 5.91 Å². The van der Waals surface area contributed by atoms with Crippen LogP contribution in [-0.4, -0.2) is 28.1 Å². The highest BCUT2D eigenvalue weighted by molar-refractivity contribution is 8.00. The largest absolute Gasteiger partial charge is 0.306 e. The fourth-order valence-electron chi connectivity index (χ4n) is 1.24. The van der Waals surface area contributed by atoms with Crippen molar-refractivity contribution in [1.29, 1.82) is 0 Å². The minimum atomic E-state index is 0.276. The second-order valence-corrected chi connectivity index (χ2v) is 4.34. The third kappa shape index (κ3) is 1.21. The van der Waals surface area contributed by atoms with Gasteiger partial charge in [0.2, 0.25) is 5.91 Å². The molecule has 0 saturated carbocycles. The van der Waals surface area contributed by atoms with Crippen molar-refractivity contribution in [3.8, 4) is 0 Å². The van der Waals surface area contributed by atoms with Crippen LogP contribution in [0.4, 0.5) is 0 Å². The maximum absolute atomic E-state index is 11.0. The molecule has 2 heterocycles. The third-order valence-corrected chi connectivity index (χ3v) is 3.83. The minimum absolute atomic E-state index is 0.276. The molecule has 0 aromatic heterocycles. The standard InChI is InChI=1S/C7H10NOPS/c9-6-1-7-8(6)2-5(3-10)4-11-7/h2,7H,1,3-4,10H2/t7-/m0/s1. The Morgan fingerprint density at radius 1 is 1.82 bits per heavy atom. The second-order valence-electron chi connectivity index (χ2n) is 2.76. The number of β-lactam (4-membered cyclic amide) rings is 1. The van der Waals surface area contributed by atoms with Crippen molar-refractivity contribution in [2.24, 2.45) is 0 Å². The van der Waals surface area contributed by atoms with Gasteiger partial charge in [-0.25, -0.2) is 0 Å². The molecule has 1 fully saturated rings. The number of thioether (sulfide) groups is 1. The van der Waals surface area contributed by atoms with Crippen LogP contribution >= 0.6 is 21.0 Å². The highest BCUT2D eigenvalue weighted by Gasteiger charge is 2.37. The maximum Gasteiger partial charge on any atom is 0.230 e. The lowest BCUT2D eigenvalue weighted by atomic mass is 10.2. The van der Waals surface area contributed by atoms with Crippen molar-refractivity contribution in [2.45, 2.75) is 11.8 Å². The minimum Gasteiger partial charge on any atom is -0.306 e. The Morgan fingerprint density at radius 3 is 3.27 bits per heavy atom. The molecule has 1 saturated heterocycles. The van der Waals surface area contributed by atoms with Crippen molar-refractivity contribution in [3.05, 3.63) is 11.8 Å². The maximum atomic E-state index is 11.0. The van der Waals surface area contributed by atoms with Crippen LogP contribution in [0.2, 0.25) is 0 Å². The van der Waals surface area contributed by atoms with Crippen LogP contribution in [0, 0.1) is 0 Å². The van der Waals surface area contributed by atoms with Gasteiger partial charge in [0.05, 0.1) is 11.8 Å². The van der Waals surface area contributed by atoms with Gasteiger partial charge in [0.15, 0.2) is 0 Å². The average molecular weight is 187 g/mol. The number of rotatable bonds is 1. The third-order valence-electron chi connectivity index (χ3n) is 1.99. The van der Waals surface area contributed by atoms with Gasteiger partial charge >= 0.3 is 0 Å². The molecule has 2 nitrogen and oxygen atoms in total. The summed E-state index contributed by atoms with van der Waals surface area (Å²) in [5.74, 6) is 1.37. The first-order valence-electron chi connectivity index (χ1n) is 3.63. The number of fused-ring (bicyclic) bond motifs is 1. The summed E-state index contributed by atoms with van der Waals surface area (Å²) in [5, 5.41) is 0.461. The molecule has 2 rings (SSSR count). The summed E-state index contributed by atoms with van der Waals surface area (Å²) in [4.78, 5) is 12.8. The first kappa shape index (κ1) is 7.63. The Bertz CT molecular complexity index is 228. The SMILES string of the molecule is O=C1C[C@@H]2SCC(CP)=CN12. The molecule has 0 spiro atoms. The number of hydrogen-bond donors (Lipinski definition) is 0. The summed E-state index contributed by atoms with van der Waals surface area (Å²) in [7, 11) is 2.69. The molecule has 4 heteroatoms. The van der Waals surface area contributed by atoms with Gasteiger partial charge in [-0.1, -0.05) is 0 Å². The summed E-state index contributed by atoms with van der Waals surface area (Å²) in [5.41, 5.74) is 1.35. The molecule has 11 heavy (non-hydrogen) atoms. The van der Waals surface area contributed by atoms with E-state index in [9.17, 15) is 4.79 Å². The van der Waals surface area contributed by atoms with E-state index in [0.717, 1.165) is 18.3 Å². The highest BCUT2D eigenvalue weighted by atomic mass is 32.2. The van der Waals surface area contributed by atoms with Crippen LogP contribution in [0.15, 0.2) is 11.8 Å². The van der Waals surface area contributed by atoms with Gasteiger partial charge in [0.25, 0.3) is 0 Å². The lowest BCUT2D eigenvalue weighted by Gasteiger charge is -2.41. The molecule has 0 N–H and O–H groups in total. The van der Waals surface area contributed by atoms with Crippen molar-refractivity contribution >= 4 is 26.9 Å². The van der Waals surface area contributed by atoms with Gasteiger partial charge in [0, 0.05) is 12.0 Å². The van der Waals surface area contributed by atoms with Crippen LogP contribution in [-0.2, 0) is 4.79 Å². The number of carbonyl (C=O) groups excluding carboxylic acids is 1. The zero-order chi connectivity index (χ0) is 7.84. The number of nitrogens with zero attached hydrogens (tertiary/aromatic N) is 1. The van der Waals surface area contributed by atoms with E-state index >= 15 is 0 Å². The summed E-state index contributed by atoms with van der Waals surface area (Å²) in [6.45, 7) is 0. The molecule has 0 aromatic carbocycles. The van der Waals surface area contributed by atoms with E-state index < -0.39 is 0 Å². The molecule has 0 aliphatic carbocycles. The monoisotopic (exact) mass is 187 g/mol. The van der Waals surface area contributed by atoms with Crippen LogP contribution < -0.4 is 0 Å². The van der Waals surface area contributed by atoms with Gasteiger partial charge in [-0.05, 0) is 11.7 Å². The summed E-state index contributed by atoms with van der Waals surface area (Å²) in [6, 6.07) is 0. The van der Waals surface area contributed by atoms with E-state index in [2.05, 4.69) is 9.24 Å². The molecule has 2 aliphatic rings. The lowest BCUT2D eigenvalue weighted by Crippen LogP contribution is -2.49. The predicted molar refractivity (Wildman–Crippen MR) is 50.4 cm³/mol. The number of amides is 1. The molecule has 2 aliphatic heterocycles. The van der Waals surface area contributed by atoms with Gasteiger partial charge in [-0.2, -0.15) is 0 Å². The van der Waals surface area contributed by atoms with Crippen LogP contribution in [0.25, 0.3) is 0 Å². The fraction of sp³-hybridized carbons (Fsp3) is 0.571. The van der Waals surface area contributed by atoms with Gasteiger partial charge in [0.1, 0.15) is 0 Å². The molecule has 0 radical (unpaired) electrons. The van der Waals surface area contributed by atoms with Gasteiger partial charge < -0.3 is 4.90 Å². The molecule has 0 aromatic rings. The number of carbonyl (C=O) groups is 1. The Morgan fingerprint density at radius 2 is 2.64 bits per heavy atom. The van der Waals surface area contributed by atoms with Crippen molar-refractivity contribution in [2.75, 3.05) is 11.9 Å². The normalized spacial score (nSPS) is 29.2. The van der Waals surface area contributed by atoms with E-state index in [0.29, 0.717) is 5.37 Å². The Labute approximate surface area is 72.6 Å². The molecule has 1 amide bonds. The van der Waals surface area contributed by atoms with Crippen LogP contribution in [0.3, 0.4) is 0 Å². The first-order chi connectivity index (χ1) is 5.31. The van der Waals surface area contributed by atoms with E-state index in [1.807, 2.05) is 22.9 Å². The topological polar surface area (TPSA) is 20.3 Å². The summed E-state index contributed by atoms with van der Waals surface area (Å²) >= 11 is 1.87. The summed E-state index contributed by atoms with van der Waals surface area (Å²) < 4.78 is 0. The Balaban J connectivity index is 2.13. The smallest absolute Gasteiger partial charge is 0.230 e. The second kappa shape index (κ2) is 2.80. The van der Waals surface area contributed by atoms with Crippen LogP contribution in [0.5, 0.6) is 0 Å². The van der Waals surface area contributed by atoms with E-state index in [1.54, 1.807) is 0 Å². The average Bonchev–Trinajstić information content (AvgIpc) is 2.03. The zero-order valence-electron chi connectivity index (χ0n) is 6.12. The molecular weight excluding hydrogens is 177 g/mol. The zero-order valence-corrected chi connectivity index (χ0v) is 8.09. The lowest BCUT2D eigenvalue weighted by molar-refractivity contribution is -0.137. The van der Waals surface area contributed by atoms with Gasteiger partial charge in [-0.3, -0.25) is 4.79 Å². The van der Waals surface area contributed by atoms with E-state index in [1.165, 1.54) is 5.57 Å². The first-order valence-corrected chi connectivity index (χ1v) is 5.50. The van der Waals surface area contributed by atoms with Gasteiger partial charge in [-0.15, -0.1) is 21.0 Å². The van der Waals surface area contributed by atoms with E-state index in [4.69, 9.17) is 0 Å². The fourth-order valence-corrected chi connectivity index (χ4v) is 2.90. The van der Waals surface area contributed by atoms with Crippen molar-refractivity contribution in [1.82, 2.24) is 4.90 Å². The predicted octanol–water partition coefficient (Wildman–Crippen LogP) is 1.05. The number of hydrogen-bond acceptors (Lipinski definition) is 2. The molecular formula is C7H10NOPS. The van der Waals surface area contributed by atoms with Crippen LogP contribution in [0.1, 0.15) is 6.42 Å². The molecule has 1 unspecified atom stereocenters. The Hall–Kier alpha value is -0.0100. The molecule has 0 bridgehead atoms. The summed E-state index contributed by atoms with van der Waals surface area (Å²) in [6.07, 6.45) is 3.74. The quantitative estimate of drug-likeness (QED) is 0.451. The highest BCUT2D eigenvalue weighted by Crippen LogP contribution is 2.35. The molecule has 2 atom stereocenters. The van der Waals surface area contributed by atoms with Crippen molar-refractivity contribution in [3.63, 3.8) is 0 Å².